The molecular formula is C22H14Cl2N4O6. The number of benzene rings is 3. The van der Waals surface area contributed by atoms with Crippen LogP contribution in [0.1, 0.15) is 15.9 Å². The second-order valence-corrected chi connectivity index (χ2v) is 7.33. The Kier molecular flexibility index (Phi) is 7.91. The van der Waals surface area contributed by atoms with Crippen LogP contribution in [0, 0.1) is 10.1 Å². The summed E-state index contributed by atoms with van der Waals surface area (Å²) in [5.41, 5.74) is 2.16. The Labute approximate surface area is 202 Å². The molecule has 0 saturated heterocycles. The molecule has 2 amide bonds. The van der Waals surface area contributed by atoms with Gasteiger partial charge in [0.25, 0.3) is 5.69 Å². The summed E-state index contributed by atoms with van der Waals surface area (Å²) in [6.07, 6.45) is 1.21. The number of ether oxygens (including phenoxy) is 1. The van der Waals surface area contributed by atoms with Crippen molar-refractivity contribution in [2.45, 2.75) is 0 Å². The van der Waals surface area contributed by atoms with Crippen molar-refractivity contribution in [3.05, 3.63) is 98.0 Å². The maximum absolute atomic E-state index is 12.3. The van der Waals surface area contributed by atoms with Crippen molar-refractivity contribution < 1.29 is 24.0 Å². The number of para-hydroxylation sites is 1. The lowest BCUT2D eigenvalue weighted by Gasteiger charge is -2.06. The molecule has 3 aromatic carbocycles. The summed E-state index contributed by atoms with van der Waals surface area (Å²) >= 11 is 11.7. The number of esters is 1. The normalized spacial score (nSPS) is 10.5. The van der Waals surface area contributed by atoms with Gasteiger partial charge in [0.05, 0.1) is 21.2 Å². The van der Waals surface area contributed by atoms with E-state index < -0.39 is 22.7 Å². The number of halogens is 2. The van der Waals surface area contributed by atoms with Crippen LogP contribution in [-0.2, 0) is 9.59 Å². The summed E-state index contributed by atoms with van der Waals surface area (Å²) in [7, 11) is 0. The van der Waals surface area contributed by atoms with Crippen molar-refractivity contribution in [1.82, 2.24) is 5.43 Å². The monoisotopic (exact) mass is 500 g/mol. The molecule has 0 bridgehead atoms. The largest absolute Gasteiger partial charge is 0.423 e. The molecule has 0 spiro atoms. The molecule has 0 fully saturated rings. The zero-order valence-electron chi connectivity index (χ0n) is 17.0. The summed E-state index contributed by atoms with van der Waals surface area (Å²) in [6.45, 7) is 0. The van der Waals surface area contributed by atoms with Gasteiger partial charge in [-0.1, -0.05) is 47.5 Å². The number of nitrogens with one attached hydrogen (secondary N) is 2. The van der Waals surface area contributed by atoms with Crippen LogP contribution in [0.2, 0.25) is 10.0 Å². The molecular weight excluding hydrogens is 487 g/mol. The molecule has 2 N–H and O–H groups in total. The Bertz CT molecular complexity index is 1310. The Hall–Kier alpha value is -4.28. The highest BCUT2D eigenvalue weighted by atomic mass is 35.5. The van der Waals surface area contributed by atoms with Crippen molar-refractivity contribution in [2.75, 3.05) is 5.32 Å². The van der Waals surface area contributed by atoms with Crippen LogP contribution in [-0.4, -0.2) is 28.9 Å². The molecule has 3 rings (SSSR count). The van der Waals surface area contributed by atoms with Crippen molar-refractivity contribution in [2.24, 2.45) is 5.10 Å². The Morgan fingerprint density at radius 2 is 1.71 bits per heavy atom. The predicted molar refractivity (Wildman–Crippen MR) is 125 cm³/mol. The van der Waals surface area contributed by atoms with E-state index >= 15 is 0 Å². The first kappa shape index (κ1) is 24.4. The Balaban J connectivity index is 1.60. The second kappa shape index (κ2) is 11.0. The lowest BCUT2D eigenvalue weighted by molar-refractivity contribution is -0.385. The fourth-order valence-corrected chi connectivity index (χ4v) is 2.90. The van der Waals surface area contributed by atoms with Gasteiger partial charge in [0.15, 0.2) is 0 Å². The third kappa shape index (κ3) is 6.37. The first-order valence-electron chi connectivity index (χ1n) is 9.39. The smallest absolute Gasteiger partial charge is 0.350 e. The third-order valence-electron chi connectivity index (χ3n) is 4.15. The first-order valence-corrected chi connectivity index (χ1v) is 10.2. The number of nitrogens with zero attached hydrogens (tertiary/aromatic N) is 2. The molecule has 0 aliphatic carbocycles. The Morgan fingerprint density at radius 3 is 2.44 bits per heavy atom. The van der Waals surface area contributed by atoms with Crippen LogP contribution in [0.25, 0.3) is 0 Å². The number of nitro benzene ring substituents is 1. The van der Waals surface area contributed by atoms with E-state index in [0.29, 0.717) is 10.6 Å². The maximum atomic E-state index is 12.3. The number of anilines is 1. The van der Waals surface area contributed by atoms with Gasteiger partial charge < -0.3 is 10.1 Å². The van der Waals surface area contributed by atoms with Gasteiger partial charge in [0.2, 0.25) is 0 Å². The zero-order chi connectivity index (χ0) is 24.7. The van der Waals surface area contributed by atoms with E-state index in [4.69, 9.17) is 27.9 Å². The summed E-state index contributed by atoms with van der Waals surface area (Å²) in [4.78, 5) is 46.6. The van der Waals surface area contributed by atoms with Crippen molar-refractivity contribution in [3.8, 4) is 5.75 Å². The zero-order valence-corrected chi connectivity index (χ0v) is 18.5. The molecule has 12 heteroatoms. The molecule has 10 nitrogen and oxygen atoms in total. The van der Waals surface area contributed by atoms with E-state index in [1.807, 2.05) is 0 Å². The highest BCUT2D eigenvalue weighted by molar-refractivity contribution is 6.43. The molecule has 0 unspecified atom stereocenters. The minimum atomic E-state index is -1.04. The number of rotatable bonds is 6. The van der Waals surface area contributed by atoms with Crippen molar-refractivity contribution in [1.29, 1.82) is 0 Å². The van der Waals surface area contributed by atoms with Gasteiger partial charge in [-0.3, -0.25) is 19.7 Å². The number of nitro groups is 1. The van der Waals surface area contributed by atoms with Crippen LogP contribution >= 0.6 is 23.2 Å². The highest BCUT2D eigenvalue weighted by Crippen LogP contribution is 2.25. The minimum Gasteiger partial charge on any atom is -0.423 e. The minimum absolute atomic E-state index is 0.0933. The quantitative estimate of drug-likeness (QED) is 0.130. The number of hydrazone groups is 1. The van der Waals surface area contributed by atoms with Crippen LogP contribution in [0.4, 0.5) is 11.4 Å². The number of amides is 2. The molecule has 0 atom stereocenters. The summed E-state index contributed by atoms with van der Waals surface area (Å²) < 4.78 is 5.21. The molecule has 0 aromatic heterocycles. The van der Waals surface area contributed by atoms with Gasteiger partial charge in [-0.05, 0) is 42.0 Å². The molecule has 172 valence electrons. The van der Waals surface area contributed by atoms with E-state index in [1.165, 1.54) is 60.8 Å². The van der Waals surface area contributed by atoms with E-state index in [9.17, 15) is 24.5 Å². The van der Waals surface area contributed by atoms with Gasteiger partial charge >= 0.3 is 17.8 Å². The lowest BCUT2D eigenvalue weighted by Crippen LogP contribution is -2.32. The summed E-state index contributed by atoms with van der Waals surface area (Å²) in [5.74, 6) is -2.84. The average Bonchev–Trinajstić information content (AvgIpc) is 2.81. The average molecular weight is 501 g/mol. The van der Waals surface area contributed by atoms with Gasteiger partial charge in [-0.2, -0.15) is 5.10 Å². The Morgan fingerprint density at radius 1 is 0.941 bits per heavy atom. The molecule has 0 aliphatic rings. The molecule has 34 heavy (non-hydrogen) atoms. The molecule has 3 aromatic rings. The topological polar surface area (TPSA) is 140 Å². The van der Waals surface area contributed by atoms with Crippen LogP contribution in [0.15, 0.2) is 71.8 Å². The number of carbonyl (C=O) groups excluding carboxylic acids is 3. The van der Waals surface area contributed by atoms with Crippen LogP contribution in [0.5, 0.6) is 5.75 Å². The van der Waals surface area contributed by atoms with E-state index in [2.05, 4.69) is 15.8 Å². The van der Waals surface area contributed by atoms with E-state index in [1.54, 1.807) is 12.1 Å². The van der Waals surface area contributed by atoms with E-state index in [0.717, 1.165) is 0 Å². The summed E-state index contributed by atoms with van der Waals surface area (Å²) in [5, 5.41) is 17.6. The van der Waals surface area contributed by atoms with E-state index in [-0.39, 0.29) is 27.7 Å². The van der Waals surface area contributed by atoms with Crippen molar-refractivity contribution in [3.63, 3.8) is 0 Å². The fraction of sp³-hybridized carbons (Fsp3) is 0. The SMILES string of the molecule is O=C(N/N=C/c1cccc(OC(=O)c2ccccc2[N+](=O)[O-])c1)C(=O)Nc1ccc(Cl)c(Cl)c1. The van der Waals surface area contributed by atoms with Gasteiger partial charge in [-0.15, -0.1) is 0 Å². The highest BCUT2D eigenvalue weighted by Gasteiger charge is 2.21. The number of hydrogen-bond acceptors (Lipinski definition) is 7. The van der Waals surface area contributed by atoms with Crippen molar-refractivity contribution >= 4 is 58.6 Å². The standard InChI is InChI=1S/C22H14Cl2N4O6/c23-17-9-8-14(11-18(17)24)26-20(29)21(30)27-25-12-13-4-3-5-15(10-13)34-22(31)16-6-1-2-7-19(16)28(32)33/h1-12H,(H,26,29)(H,27,30)/b25-12+. The first-order chi connectivity index (χ1) is 16.2. The third-order valence-corrected chi connectivity index (χ3v) is 4.89. The summed E-state index contributed by atoms with van der Waals surface area (Å²) in [6, 6.07) is 15.7. The van der Waals surface area contributed by atoms with Crippen LogP contribution < -0.4 is 15.5 Å². The fourth-order valence-electron chi connectivity index (χ4n) is 2.60. The maximum Gasteiger partial charge on any atom is 0.350 e. The molecule has 0 radical (unpaired) electrons. The van der Waals surface area contributed by atoms with Crippen LogP contribution in [0.3, 0.4) is 0 Å². The molecule has 0 heterocycles. The molecule has 0 saturated carbocycles. The number of hydrogen-bond donors (Lipinski definition) is 2. The predicted octanol–water partition coefficient (Wildman–Crippen LogP) is 4.21. The number of carbonyl (C=O) groups is 3. The second-order valence-electron chi connectivity index (χ2n) is 6.52. The molecule has 0 aliphatic heterocycles. The lowest BCUT2D eigenvalue weighted by atomic mass is 10.2. The van der Waals surface area contributed by atoms with Gasteiger partial charge in [0, 0.05) is 11.8 Å². The van der Waals surface area contributed by atoms with Gasteiger partial charge in [-0.25, -0.2) is 10.2 Å². The van der Waals surface area contributed by atoms with Gasteiger partial charge in [0.1, 0.15) is 11.3 Å².